The summed E-state index contributed by atoms with van der Waals surface area (Å²) in [6.07, 6.45) is 0. The van der Waals surface area contributed by atoms with Gasteiger partial charge in [-0.15, -0.1) is 0 Å². The first kappa shape index (κ1) is 20.6. The SMILES string of the molecule is CC(C)C(=O)Nc1ccc(C(=O)N(C)CC(=O)Nc2ccccc2Br)cc1. The van der Waals surface area contributed by atoms with E-state index in [1.54, 1.807) is 51.2 Å². The second kappa shape index (κ2) is 9.32. The number of amides is 3. The van der Waals surface area contributed by atoms with Gasteiger partial charge in [-0.05, 0) is 52.3 Å². The number of para-hydroxylation sites is 1. The Morgan fingerprint density at radius 2 is 1.63 bits per heavy atom. The van der Waals surface area contributed by atoms with Crippen LogP contribution in [0, 0.1) is 5.92 Å². The van der Waals surface area contributed by atoms with Gasteiger partial charge >= 0.3 is 0 Å². The van der Waals surface area contributed by atoms with Gasteiger partial charge in [0.2, 0.25) is 11.8 Å². The molecule has 27 heavy (non-hydrogen) atoms. The minimum atomic E-state index is -0.293. The summed E-state index contributed by atoms with van der Waals surface area (Å²) in [5, 5.41) is 5.53. The summed E-state index contributed by atoms with van der Waals surface area (Å²) < 4.78 is 0.770. The van der Waals surface area contributed by atoms with Crippen molar-refractivity contribution >= 4 is 45.0 Å². The van der Waals surface area contributed by atoms with Gasteiger partial charge in [-0.25, -0.2) is 0 Å². The van der Waals surface area contributed by atoms with Crippen molar-refractivity contribution < 1.29 is 14.4 Å². The Hall–Kier alpha value is -2.67. The number of hydrogen-bond acceptors (Lipinski definition) is 3. The lowest BCUT2D eigenvalue weighted by Gasteiger charge is -2.17. The molecular weight excluding hydrogens is 410 g/mol. The summed E-state index contributed by atoms with van der Waals surface area (Å²) in [6, 6.07) is 13.8. The predicted octanol–water partition coefficient (Wildman–Crippen LogP) is 3.75. The van der Waals surface area contributed by atoms with Crippen LogP contribution in [0.25, 0.3) is 0 Å². The van der Waals surface area contributed by atoms with Crippen LogP contribution in [0.5, 0.6) is 0 Å². The Kier molecular flexibility index (Phi) is 7.12. The van der Waals surface area contributed by atoms with Crippen molar-refractivity contribution in [1.82, 2.24) is 4.90 Å². The van der Waals surface area contributed by atoms with E-state index in [4.69, 9.17) is 0 Å². The number of hydrogen-bond donors (Lipinski definition) is 2. The Bertz CT molecular complexity index is 835. The normalized spacial score (nSPS) is 10.4. The van der Waals surface area contributed by atoms with Crippen molar-refractivity contribution in [2.45, 2.75) is 13.8 Å². The van der Waals surface area contributed by atoms with E-state index in [2.05, 4.69) is 26.6 Å². The molecule has 3 amide bonds. The smallest absolute Gasteiger partial charge is 0.254 e. The number of nitrogens with one attached hydrogen (secondary N) is 2. The van der Waals surface area contributed by atoms with Gasteiger partial charge in [0.15, 0.2) is 0 Å². The molecule has 0 fully saturated rings. The highest BCUT2D eigenvalue weighted by Crippen LogP contribution is 2.21. The summed E-state index contributed by atoms with van der Waals surface area (Å²) in [5.74, 6) is -0.784. The molecule has 0 unspecified atom stereocenters. The van der Waals surface area contributed by atoms with Crippen LogP contribution in [-0.2, 0) is 9.59 Å². The molecule has 0 saturated carbocycles. The van der Waals surface area contributed by atoms with Crippen molar-refractivity contribution in [2.24, 2.45) is 5.92 Å². The Morgan fingerprint density at radius 3 is 2.22 bits per heavy atom. The van der Waals surface area contributed by atoms with Crippen LogP contribution >= 0.6 is 15.9 Å². The molecule has 0 spiro atoms. The lowest BCUT2D eigenvalue weighted by molar-refractivity contribution is -0.119. The third-order valence-electron chi connectivity index (χ3n) is 3.80. The standard InChI is InChI=1S/C20H22BrN3O3/c1-13(2)19(26)22-15-10-8-14(9-11-15)20(27)24(3)12-18(25)23-17-7-5-4-6-16(17)21/h4-11,13H,12H2,1-3H3,(H,22,26)(H,23,25). The van der Waals surface area contributed by atoms with Gasteiger partial charge in [-0.2, -0.15) is 0 Å². The van der Waals surface area contributed by atoms with Gasteiger partial charge < -0.3 is 15.5 Å². The lowest BCUT2D eigenvalue weighted by atomic mass is 10.1. The number of rotatable bonds is 6. The molecule has 2 aromatic carbocycles. The molecule has 0 saturated heterocycles. The maximum absolute atomic E-state index is 12.5. The number of anilines is 2. The molecule has 0 aromatic heterocycles. The highest BCUT2D eigenvalue weighted by atomic mass is 79.9. The molecule has 2 aromatic rings. The topological polar surface area (TPSA) is 78.5 Å². The third-order valence-corrected chi connectivity index (χ3v) is 4.49. The van der Waals surface area contributed by atoms with E-state index in [0.717, 1.165) is 4.47 Å². The van der Waals surface area contributed by atoms with E-state index in [0.29, 0.717) is 16.9 Å². The molecule has 0 atom stereocenters. The fourth-order valence-electron chi connectivity index (χ4n) is 2.24. The van der Waals surface area contributed by atoms with Crippen molar-refractivity contribution in [3.8, 4) is 0 Å². The van der Waals surface area contributed by atoms with Crippen LogP contribution in [0.15, 0.2) is 53.0 Å². The second-order valence-electron chi connectivity index (χ2n) is 6.41. The monoisotopic (exact) mass is 431 g/mol. The first-order valence-corrected chi connectivity index (χ1v) is 9.28. The van der Waals surface area contributed by atoms with Gasteiger partial charge in [0, 0.05) is 28.7 Å². The zero-order valence-electron chi connectivity index (χ0n) is 15.5. The maximum atomic E-state index is 12.5. The second-order valence-corrected chi connectivity index (χ2v) is 7.26. The molecule has 0 aliphatic carbocycles. The Morgan fingerprint density at radius 1 is 1.00 bits per heavy atom. The lowest BCUT2D eigenvalue weighted by Crippen LogP contribution is -2.35. The van der Waals surface area contributed by atoms with Gasteiger partial charge in [-0.3, -0.25) is 14.4 Å². The van der Waals surface area contributed by atoms with E-state index in [1.807, 2.05) is 18.2 Å². The van der Waals surface area contributed by atoms with E-state index < -0.39 is 0 Å². The quantitative estimate of drug-likeness (QED) is 0.730. The zero-order valence-corrected chi connectivity index (χ0v) is 17.0. The fourth-order valence-corrected chi connectivity index (χ4v) is 2.63. The molecule has 0 heterocycles. The number of likely N-dealkylation sites (N-methyl/N-ethyl adjacent to an activating group) is 1. The summed E-state index contributed by atoms with van der Waals surface area (Å²) in [6.45, 7) is 3.54. The van der Waals surface area contributed by atoms with Crippen LogP contribution in [0.2, 0.25) is 0 Å². The molecule has 0 radical (unpaired) electrons. The van der Waals surface area contributed by atoms with Gasteiger partial charge in [0.25, 0.3) is 5.91 Å². The molecule has 7 heteroatoms. The van der Waals surface area contributed by atoms with Crippen LogP contribution < -0.4 is 10.6 Å². The summed E-state index contributed by atoms with van der Waals surface area (Å²) >= 11 is 3.36. The molecule has 2 N–H and O–H groups in total. The summed E-state index contributed by atoms with van der Waals surface area (Å²) in [4.78, 5) is 37.7. The number of nitrogens with zero attached hydrogens (tertiary/aromatic N) is 1. The molecule has 0 bridgehead atoms. The Labute approximate surface area is 167 Å². The van der Waals surface area contributed by atoms with Crippen molar-refractivity contribution in [1.29, 1.82) is 0 Å². The largest absolute Gasteiger partial charge is 0.332 e. The maximum Gasteiger partial charge on any atom is 0.254 e. The van der Waals surface area contributed by atoms with Crippen LogP contribution in [0.1, 0.15) is 24.2 Å². The minimum Gasteiger partial charge on any atom is -0.332 e. The predicted molar refractivity (Wildman–Crippen MR) is 110 cm³/mol. The van der Waals surface area contributed by atoms with E-state index in [9.17, 15) is 14.4 Å². The zero-order chi connectivity index (χ0) is 20.0. The highest BCUT2D eigenvalue weighted by molar-refractivity contribution is 9.10. The molecule has 0 aliphatic rings. The van der Waals surface area contributed by atoms with E-state index in [-0.39, 0.29) is 30.2 Å². The van der Waals surface area contributed by atoms with Crippen LogP contribution in [0.3, 0.4) is 0 Å². The molecular formula is C20H22BrN3O3. The van der Waals surface area contributed by atoms with Gasteiger partial charge in [0.1, 0.15) is 0 Å². The van der Waals surface area contributed by atoms with E-state index >= 15 is 0 Å². The third kappa shape index (κ3) is 5.92. The van der Waals surface area contributed by atoms with Crippen molar-refractivity contribution in [2.75, 3.05) is 24.2 Å². The number of benzene rings is 2. The highest BCUT2D eigenvalue weighted by Gasteiger charge is 2.16. The minimum absolute atomic E-state index is 0.0774. The Balaban J connectivity index is 1.95. The van der Waals surface area contributed by atoms with E-state index in [1.165, 1.54) is 4.90 Å². The average Bonchev–Trinajstić information content (AvgIpc) is 2.63. The van der Waals surface area contributed by atoms with Crippen LogP contribution in [0.4, 0.5) is 11.4 Å². The molecule has 142 valence electrons. The number of carbonyl (C=O) groups is 3. The van der Waals surface area contributed by atoms with Crippen molar-refractivity contribution in [3.05, 3.63) is 58.6 Å². The first-order valence-electron chi connectivity index (χ1n) is 8.48. The van der Waals surface area contributed by atoms with Crippen molar-refractivity contribution in [3.63, 3.8) is 0 Å². The van der Waals surface area contributed by atoms with Crippen LogP contribution in [-0.4, -0.2) is 36.2 Å². The number of halogens is 1. The number of carbonyl (C=O) groups excluding carboxylic acids is 3. The summed E-state index contributed by atoms with van der Waals surface area (Å²) in [7, 11) is 1.57. The molecule has 2 rings (SSSR count). The fraction of sp³-hybridized carbons (Fsp3) is 0.250. The van der Waals surface area contributed by atoms with Gasteiger partial charge in [-0.1, -0.05) is 26.0 Å². The first-order chi connectivity index (χ1) is 12.8. The summed E-state index contributed by atoms with van der Waals surface area (Å²) in [5.41, 5.74) is 1.71. The molecule has 0 aliphatic heterocycles. The molecule has 6 nitrogen and oxygen atoms in total. The van der Waals surface area contributed by atoms with Gasteiger partial charge in [0.05, 0.1) is 12.2 Å². The average molecular weight is 432 g/mol.